The maximum Gasteiger partial charge on any atom is 0.418 e. The van der Waals surface area contributed by atoms with E-state index in [1.54, 1.807) is 6.07 Å². The fourth-order valence-electron chi connectivity index (χ4n) is 3.90. The van der Waals surface area contributed by atoms with Gasteiger partial charge in [-0.1, -0.05) is 44.6 Å². The number of rotatable bonds is 5. The van der Waals surface area contributed by atoms with Gasteiger partial charge in [-0.05, 0) is 36.8 Å². The van der Waals surface area contributed by atoms with Crippen molar-refractivity contribution >= 4 is 34.0 Å². The Morgan fingerprint density at radius 2 is 2.14 bits per heavy atom. The van der Waals surface area contributed by atoms with Crippen LogP contribution in [0.1, 0.15) is 43.5 Å². The zero-order chi connectivity index (χ0) is 20.6. The van der Waals surface area contributed by atoms with Crippen LogP contribution in [0.25, 0.3) is 10.9 Å². The van der Waals surface area contributed by atoms with E-state index in [1.807, 2.05) is 13.8 Å². The lowest BCUT2D eigenvalue weighted by molar-refractivity contribution is -0.136. The first-order valence-corrected chi connectivity index (χ1v) is 9.83. The van der Waals surface area contributed by atoms with Crippen LogP contribution in [0.2, 0.25) is 0 Å². The van der Waals surface area contributed by atoms with Gasteiger partial charge in [-0.15, -0.1) is 0 Å². The number of aromatic amines is 1. The summed E-state index contributed by atoms with van der Waals surface area (Å²) in [6.07, 6.45) is -2.12. The number of aryl methyl sites for hydroxylation is 1. The monoisotopic (exact) mass is 411 g/mol. The van der Waals surface area contributed by atoms with E-state index in [4.69, 9.17) is 18.0 Å². The van der Waals surface area contributed by atoms with Gasteiger partial charge in [0.05, 0.1) is 22.1 Å². The summed E-state index contributed by atoms with van der Waals surface area (Å²) in [6.45, 7) is 3.97. The molecular formula is C20H24F3N3OS. The largest absolute Gasteiger partial charge is 0.418 e. The van der Waals surface area contributed by atoms with Crippen LogP contribution in [0.4, 0.5) is 13.2 Å². The lowest BCUT2D eigenvalue weighted by Gasteiger charge is -2.27. The smallest absolute Gasteiger partial charge is 0.392 e. The van der Waals surface area contributed by atoms with Gasteiger partial charge >= 0.3 is 6.18 Å². The number of hydrogen-bond acceptors (Lipinski definition) is 2. The number of benzene rings is 1. The molecule has 0 aliphatic heterocycles. The molecule has 0 saturated heterocycles. The van der Waals surface area contributed by atoms with Crippen LogP contribution < -0.4 is 11.1 Å². The summed E-state index contributed by atoms with van der Waals surface area (Å²) in [5, 5.41) is 3.49. The number of hydrogen-bond donors (Lipinski definition) is 3. The van der Waals surface area contributed by atoms with Gasteiger partial charge in [-0.25, -0.2) is 0 Å². The number of carbonyl (C=O) groups is 1. The molecule has 4 nitrogen and oxygen atoms in total. The molecule has 0 spiro atoms. The number of amides is 1. The van der Waals surface area contributed by atoms with Crippen molar-refractivity contribution in [1.82, 2.24) is 10.3 Å². The summed E-state index contributed by atoms with van der Waals surface area (Å²) >= 11 is 5.09. The topological polar surface area (TPSA) is 70.9 Å². The molecule has 8 heteroatoms. The number of thiocarbonyl (C=S) groups is 1. The second-order valence-corrected chi connectivity index (χ2v) is 7.99. The Morgan fingerprint density at radius 1 is 1.43 bits per heavy atom. The van der Waals surface area contributed by atoms with Gasteiger partial charge in [-0.2, -0.15) is 13.2 Å². The predicted molar refractivity (Wildman–Crippen MR) is 107 cm³/mol. The number of aromatic nitrogens is 1. The molecular weight excluding hydrogens is 387 g/mol. The third-order valence-electron chi connectivity index (χ3n) is 5.72. The van der Waals surface area contributed by atoms with Gasteiger partial charge in [0.1, 0.15) is 0 Å². The minimum Gasteiger partial charge on any atom is -0.392 e. The SMILES string of the molecule is CC[C@H](C)C(NC(=O)C1CCc2[nH]c3c(C(F)(F)F)cccc3c2C1)C(N)=S. The summed E-state index contributed by atoms with van der Waals surface area (Å²) in [5.74, 6) is -0.352. The lowest BCUT2D eigenvalue weighted by Crippen LogP contribution is -2.49. The maximum absolute atomic E-state index is 13.3. The fourth-order valence-corrected chi connectivity index (χ4v) is 4.19. The minimum absolute atomic E-state index is 0.0988. The Hall–Kier alpha value is -2.09. The minimum atomic E-state index is -4.43. The summed E-state index contributed by atoms with van der Waals surface area (Å²) < 4.78 is 39.9. The molecule has 1 amide bonds. The van der Waals surface area contributed by atoms with E-state index in [0.29, 0.717) is 24.6 Å². The summed E-state index contributed by atoms with van der Waals surface area (Å²) in [5.41, 5.74) is 6.79. The van der Waals surface area contributed by atoms with Crippen LogP contribution in [0.3, 0.4) is 0 Å². The third-order valence-corrected chi connectivity index (χ3v) is 5.97. The van der Waals surface area contributed by atoms with Gasteiger partial charge in [-0.3, -0.25) is 4.79 Å². The molecule has 1 aromatic carbocycles. The summed E-state index contributed by atoms with van der Waals surface area (Å²) in [6, 6.07) is 3.79. The Bertz CT molecular complexity index is 906. The van der Waals surface area contributed by atoms with E-state index in [9.17, 15) is 18.0 Å². The molecule has 3 rings (SSSR count). The molecule has 1 aromatic heterocycles. The molecule has 1 aliphatic carbocycles. The maximum atomic E-state index is 13.3. The van der Waals surface area contributed by atoms with E-state index in [-0.39, 0.29) is 34.3 Å². The first kappa shape index (κ1) is 20.6. The van der Waals surface area contributed by atoms with Crippen molar-refractivity contribution in [2.75, 3.05) is 0 Å². The molecule has 1 heterocycles. The Balaban J connectivity index is 1.86. The number of alkyl halides is 3. The second-order valence-electron chi connectivity index (χ2n) is 7.52. The molecule has 1 aliphatic rings. The number of nitrogens with one attached hydrogen (secondary N) is 2. The predicted octanol–water partition coefficient (Wildman–Crippen LogP) is 4.11. The summed E-state index contributed by atoms with van der Waals surface area (Å²) in [7, 11) is 0. The quantitative estimate of drug-likeness (QED) is 0.649. The van der Waals surface area contributed by atoms with Gasteiger partial charge < -0.3 is 16.0 Å². The van der Waals surface area contributed by atoms with Crippen LogP contribution in [-0.2, 0) is 23.8 Å². The molecule has 0 saturated carbocycles. The van der Waals surface area contributed by atoms with Crippen molar-refractivity contribution in [3.8, 4) is 0 Å². The number of H-pyrrole nitrogens is 1. The van der Waals surface area contributed by atoms with Crippen LogP contribution in [0, 0.1) is 11.8 Å². The summed E-state index contributed by atoms with van der Waals surface area (Å²) in [4.78, 5) is 16.0. The normalized spacial score (nSPS) is 19.1. The van der Waals surface area contributed by atoms with Crippen molar-refractivity contribution in [3.05, 3.63) is 35.0 Å². The number of nitrogens with two attached hydrogens (primary N) is 1. The van der Waals surface area contributed by atoms with Crippen molar-refractivity contribution in [2.24, 2.45) is 17.6 Å². The molecule has 3 atom stereocenters. The van der Waals surface area contributed by atoms with E-state index in [2.05, 4.69) is 10.3 Å². The molecule has 0 bridgehead atoms. The lowest BCUT2D eigenvalue weighted by atomic mass is 9.85. The van der Waals surface area contributed by atoms with Crippen molar-refractivity contribution < 1.29 is 18.0 Å². The van der Waals surface area contributed by atoms with Crippen LogP contribution in [0.15, 0.2) is 18.2 Å². The van der Waals surface area contributed by atoms with Crippen molar-refractivity contribution in [2.45, 2.75) is 51.7 Å². The van der Waals surface area contributed by atoms with Crippen molar-refractivity contribution in [1.29, 1.82) is 0 Å². The van der Waals surface area contributed by atoms with Crippen LogP contribution >= 0.6 is 12.2 Å². The molecule has 0 radical (unpaired) electrons. The van der Waals surface area contributed by atoms with Gasteiger partial charge in [0.25, 0.3) is 0 Å². The highest BCUT2D eigenvalue weighted by Gasteiger charge is 2.35. The molecule has 2 aromatic rings. The zero-order valence-electron chi connectivity index (χ0n) is 15.8. The van der Waals surface area contributed by atoms with E-state index in [1.165, 1.54) is 6.07 Å². The average Bonchev–Trinajstić information content (AvgIpc) is 3.01. The van der Waals surface area contributed by atoms with Gasteiger partial charge in [0.2, 0.25) is 5.91 Å². The molecule has 2 unspecified atom stereocenters. The highest BCUT2D eigenvalue weighted by molar-refractivity contribution is 7.80. The molecule has 0 fully saturated rings. The highest BCUT2D eigenvalue weighted by atomic mass is 32.1. The number of halogens is 3. The standard InChI is InChI=1S/C20H24F3N3OS/c1-3-10(2)16(18(24)28)26-19(27)11-7-8-15-13(9-11)12-5-4-6-14(17(12)25-15)20(21,22)23/h4-6,10-11,16,25H,3,7-9H2,1-2H3,(H2,24,28)(H,26,27)/t10-,11?,16?/m0/s1. The average molecular weight is 411 g/mol. The first-order chi connectivity index (χ1) is 13.1. The van der Waals surface area contributed by atoms with Gasteiger partial charge in [0, 0.05) is 17.0 Å². The van der Waals surface area contributed by atoms with Crippen LogP contribution in [0.5, 0.6) is 0 Å². The first-order valence-electron chi connectivity index (χ1n) is 9.42. The zero-order valence-corrected chi connectivity index (χ0v) is 16.6. The fraction of sp³-hybridized carbons (Fsp3) is 0.500. The van der Waals surface area contributed by atoms with Crippen molar-refractivity contribution in [3.63, 3.8) is 0 Å². The van der Waals surface area contributed by atoms with Gasteiger partial charge in [0.15, 0.2) is 0 Å². The van der Waals surface area contributed by atoms with E-state index >= 15 is 0 Å². The molecule has 152 valence electrons. The molecule has 4 N–H and O–H groups in total. The number of para-hydroxylation sites is 1. The second kappa shape index (κ2) is 7.73. The highest BCUT2D eigenvalue weighted by Crippen LogP contribution is 2.39. The Labute approximate surface area is 167 Å². The van der Waals surface area contributed by atoms with Crippen LogP contribution in [-0.4, -0.2) is 21.9 Å². The van der Waals surface area contributed by atoms with E-state index in [0.717, 1.165) is 23.7 Å². The Morgan fingerprint density at radius 3 is 2.75 bits per heavy atom. The Kier molecular flexibility index (Phi) is 5.70. The number of carbonyl (C=O) groups excluding carboxylic acids is 1. The third kappa shape index (κ3) is 3.87. The van der Waals surface area contributed by atoms with E-state index < -0.39 is 11.7 Å². The molecule has 28 heavy (non-hydrogen) atoms. The number of fused-ring (bicyclic) bond motifs is 3.